The van der Waals surface area contributed by atoms with E-state index >= 15 is 0 Å². The summed E-state index contributed by atoms with van der Waals surface area (Å²) in [6, 6.07) is 13.6. The second-order valence-electron chi connectivity index (χ2n) is 6.26. The number of aromatic nitrogens is 3. The molecule has 0 aliphatic heterocycles. The largest absolute Gasteiger partial charge is 0.477 e. The number of carbonyl (C=O) groups excluding carboxylic acids is 1. The average molecular weight is 364 g/mol. The van der Waals surface area contributed by atoms with Gasteiger partial charge in [0.05, 0.1) is 18.8 Å². The molecule has 0 aliphatic rings. The van der Waals surface area contributed by atoms with Crippen LogP contribution in [0.3, 0.4) is 0 Å². The highest BCUT2D eigenvalue weighted by molar-refractivity contribution is 5.96. The van der Waals surface area contributed by atoms with E-state index in [0.717, 1.165) is 17.0 Å². The van der Waals surface area contributed by atoms with Crippen LogP contribution >= 0.6 is 0 Å². The lowest BCUT2D eigenvalue weighted by atomic mass is 10.1. The van der Waals surface area contributed by atoms with Crippen molar-refractivity contribution >= 4 is 5.91 Å². The third-order valence-electron chi connectivity index (χ3n) is 4.43. The summed E-state index contributed by atoms with van der Waals surface area (Å²) in [4.78, 5) is 16.7. The van der Waals surface area contributed by atoms with E-state index in [1.165, 1.54) is 5.56 Å². The standard InChI is InChI=1S/C21H24N4O2/c1-4-27-21-18(11-8-12-22-21)20(26)23-13-19-15(2)24-25(16(19)3)14-17-9-6-5-7-10-17/h5-12H,4,13-14H2,1-3H3,(H,23,26). The molecule has 3 aromatic rings. The van der Waals surface area contributed by atoms with Crippen LogP contribution in [0, 0.1) is 13.8 Å². The molecule has 1 aromatic carbocycles. The molecule has 1 N–H and O–H groups in total. The van der Waals surface area contributed by atoms with Crippen LogP contribution < -0.4 is 10.1 Å². The van der Waals surface area contributed by atoms with E-state index in [2.05, 4.69) is 27.5 Å². The summed E-state index contributed by atoms with van der Waals surface area (Å²) < 4.78 is 7.41. The number of nitrogens with zero attached hydrogens (tertiary/aromatic N) is 3. The number of carbonyl (C=O) groups is 1. The first-order valence-corrected chi connectivity index (χ1v) is 9.03. The number of amides is 1. The van der Waals surface area contributed by atoms with Crippen LogP contribution in [0.1, 0.15) is 39.8 Å². The second-order valence-corrected chi connectivity index (χ2v) is 6.26. The molecule has 27 heavy (non-hydrogen) atoms. The smallest absolute Gasteiger partial charge is 0.257 e. The highest BCUT2D eigenvalue weighted by atomic mass is 16.5. The summed E-state index contributed by atoms with van der Waals surface area (Å²) in [7, 11) is 0. The molecule has 0 spiro atoms. The summed E-state index contributed by atoms with van der Waals surface area (Å²) in [6.45, 7) is 7.43. The summed E-state index contributed by atoms with van der Waals surface area (Å²) in [5.74, 6) is 0.145. The number of benzene rings is 1. The zero-order valence-corrected chi connectivity index (χ0v) is 15.9. The van der Waals surface area contributed by atoms with Gasteiger partial charge in [0.1, 0.15) is 5.56 Å². The van der Waals surface area contributed by atoms with Crippen LogP contribution in [0.5, 0.6) is 5.88 Å². The molecule has 0 aliphatic carbocycles. The van der Waals surface area contributed by atoms with Crippen molar-refractivity contribution in [3.8, 4) is 5.88 Å². The molecule has 3 rings (SSSR count). The minimum Gasteiger partial charge on any atom is -0.477 e. The molecule has 2 aromatic heterocycles. The lowest BCUT2D eigenvalue weighted by Crippen LogP contribution is -2.24. The lowest BCUT2D eigenvalue weighted by molar-refractivity contribution is 0.0946. The van der Waals surface area contributed by atoms with Crippen molar-refractivity contribution in [2.75, 3.05) is 6.61 Å². The van der Waals surface area contributed by atoms with Crippen LogP contribution in [-0.4, -0.2) is 27.3 Å². The zero-order valence-electron chi connectivity index (χ0n) is 15.9. The molecule has 0 bridgehead atoms. The number of aryl methyl sites for hydroxylation is 1. The second kappa shape index (κ2) is 8.49. The average Bonchev–Trinajstić information content (AvgIpc) is 2.94. The van der Waals surface area contributed by atoms with Gasteiger partial charge in [-0.3, -0.25) is 9.48 Å². The molecule has 140 valence electrons. The molecule has 0 atom stereocenters. The predicted octanol–water partition coefficient (Wildman–Crippen LogP) is 3.27. The van der Waals surface area contributed by atoms with E-state index in [0.29, 0.717) is 31.1 Å². The summed E-state index contributed by atoms with van der Waals surface area (Å²) in [5, 5.41) is 7.59. The van der Waals surface area contributed by atoms with E-state index < -0.39 is 0 Å². The van der Waals surface area contributed by atoms with E-state index in [1.54, 1.807) is 18.3 Å². The third-order valence-corrected chi connectivity index (χ3v) is 4.43. The molecule has 1 amide bonds. The van der Waals surface area contributed by atoms with Gasteiger partial charge in [0, 0.05) is 24.0 Å². The molecule has 6 nitrogen and oxygen atoms in total. The monoisotopic (exact) mass is 364 g/mol. The van der Waals surface area contributed by atoms with Crippen molar-refractivity contribution in [1.29, 1.82) is 0 Å². The number of pyridine rings is 1. The molecule has 0 saturated heterocycles. The van der Waals surface area contributed by atoms with Gasteiger partial charge in [-0.05, 0) is 38.5 Å². The Kier molecular flexibility index (Phi) is 5.86. The predicted molar refractivity (Wildman–Crippen MR) is 104 cm³/mol. The summed E-state index contributed by atoms with van der Waals surface area (Å²) in [5.41, 5.74) is 4.62. The van der Waals surface area contributed by atoms with E-state index in [9.17, 15) is 4.79 Å². The Balaban J connectivity index is 1.72. The van der Waals surface area contributed by atoms with Gasteiger partial charge in [0.2, 0.25) is 5.88 Å². The normalized spacial score (nSPS) is 10.6. The summed E-state index contributed by atoms with van der Waals surface area (Å²) >= 11 is 0. The zero-order chi connectivity index (χ0) is 19.2. The molecule has 0 fully saturated rings. The Hall–Kier alpha value is -3.15. The highest BCUT2D eigenvalue weighted by Crippen LogP contribution is 2.17. The topological polar surface area (TPSA) is 69.0 Å². The lowest BCUT2D eigenvalue weighted by Gasteiger charge is -2.10. The van der Waals surface area contributed by atoms with Crippen LogP contribution in [0.25, 0.3) is 0 Å². The number of hydrogen-bond donors (Lipinski definition) is 1. The number of ether oxygens (including phenoxy) is 1. The number of rotatable bonds is 7. The molecular formula is C21H24N4O2. The Morgan fingerprint density at radius 1 is 1.15 bits per heavy atom. The first kappa shape index (κ1) is 18.6. The molecule has 6 heteroatoms. The van der Waals surface area contributed by atoms with Crippen LogP contribution in [-0.2, 0) is 13.1 Å². The van der Waals surface area contributed by atoms with Gasteiger partial charge in [0.15, 0.2) is 0 Å². The highest BCUT2D eigenvalue weighted by Gasteiger charge is 2.16. The van der Waals surface area contributed by atoms with Crippen molar-refractivity contribution in [3.05, 3.63) is 76.7 Å². The summed E-state index contributed by atoms with van der Waals surface area (Å²) in [6.07, 6.45) is 1.61. The molecule has 0 radical (unpaired) electrons. The van der Waals surface area contributed by atoms with Crippen LogP contribution in [0.2, 0.25) is 0 Å². The minimum absolute atomic E-state index is 0.207. The van der Waals surface area contributed by atoms with Gasteiger partial charge in [-0.1, -0.05) is 30.3 Å². The van der Waals surface area contributed by atoms with Gasteiger partial charge in [-0.2, -0.15) is 5.10 Å². The molecule has 0 saturated carbocycles. The molecular weight excluding hydrogens is 340 g/mol. The Morgan fingerprint density at radius 2 is 1.93 bits per heavy atom. The van der Waals surface area contributed by atoms with Crippen molar-refractivity contribution in [2.24, 2.45) is 0 Å². The van der Waals surface area contributed by atoms with Crippen LogP contribution in [0.15, 0.2) is 48.7 Å². The van der Waals surface area contributed by atoms with Gasteiger partial charge in [-0.15, -0.1) is 0 Å². The third kappa shape index (κ3) is 4.34. The maximum atomic E-state index is 12.6. The van der Waals surface area contributed by atoms with E-state index in [-0.39, 0.29) is 5.91 Å². The van der Waals surface area contributed by atoms with Crippen molar-refractivity contribution < 1.29 is 9.53 Å². The maximum Gasteiger partial charge on any atom is 0.257 e. The Morgan fingerprint density at radius 3 is 2.67 bits per heavy atom. The Labute approximate surface area is 159 Å². The van der Waals surface area contributed by atoms with E-state index in [1.807, 2.05) is 43.7 Å². The van der Waals surface area contributed by atoms with Crippen molar-refractivity contribution in [3.63, 3.8) is 0 Å². The first-order chi connectivity index (χ1) is 13.1. The van der Waals surface area contributed by atoms with Gasteiger partial charge >= 0.3 is 0 Å². The minimum atomic E-state index is -0.207. The molecule has 2 heterocycles. The fourth-order valence-corrected chi connectivity index (χ4v) is 2.98. The fraction of sp³-hybridized carbons (Fsp3) is 0.286. The van der Waals surface area contributed by atoms with Crippen molar-refractivity contribution in [1.82, 2.24) is 20.1 Å². The quantitative estimate of drug-likeness (QED) is 0.699. The maximum absolute atomic E-state index is 12.6. The Bertz CT molecular complexity index is 919. The number of hydrogen-bond acceptors (Lipinski definition) is 4. The van der Waals surface area contributed by atoms with Crippen LogP contribution in [0.4, 0.5) is 0 Å². The van der Waals surface area contributed by atoms with Gasteiger partial charge in [0.25, 0.3) is 5.91 Å². The van der Waals surface area contributed by atoms with Gasteiger partial charge < -0.3 is 10.1 Å². The van der Waals surface area contributed by atoms with E-state index in [4.69, 9.17) is 4.74 Å². The van der Waals surface area contributed by atoms with Crippen molar-refractivity contribution in [2.45, 2.75) is 33.9 Å². The number of nitrogens with one attached hydrogen (secondary N) is 1. The first-order valence-electron chi connectivity index (χ1n) is 9.03. The molecule has 0 unspecified atom stereocenters. The fourth-order valence-electron chi connectivity index (χ4n) is 2.98. The van der Waals surface area contributed by atoms with Gasteiger partial charge in [-0.25, -0.2) is 4.98 Å². The SMILES string of the molecule is CCOc1ncccc1C(=O)NCc1c(C)nn(Cc2ccccc2)c1C.